The predicted octanol–water partition coefficient (Wildman–Crippen LogP) is 2.61. The van der Waals surface area contributed by atoms with Crippen LogP contribution in [0.2, 0.25) is 0 Å². The van der Waals surface area contributed by atoms with Crippen LogP contribution in [-0.2, 0) is 25.2 Å². The number of hydrogen-bond acceptors (Lipinski definition) is 6. The highest BCUT2D eigenvalue weighted by Gasteiger charge is 2.43. The average molecular weight is 451 g/mol. The Morgan fingerprint density at radius 3 is 2.67 bits per heavy atom. The first kappa shape index (κ1) is 21.4. The van der Waals surface area contributed by atoms with Crippen molar-refractivity contribution in [3.63, 3.8) is 0 Å². The summed E-state index contributed by atoms with van der Waals surface area (Å²) in [6, 6.07) is 12.5. The molecule has 0 saturated heterocycles. The minimum atomic E-state index is -1.70. The fourth-order valence-electron chi connectivity index (χ4n) is 4.46. The fraction of sp³-hybridized carbons (Fsp3) is 0.304. The summed E-state index contributed by atoms with van der Waals surface area (Å²) in [5.41, 5.74) is 0.957. The van der Waals surface area contributed by atoms with Crippen molar-refractivity contribution in [2.45, 2.75) is 38.2 Å². The van der Waals surface area contributed by atoms with Gasteiger partial charge in [0.25, 0.3) is 0 Å². The van der Waals surface area contributed by atoms with Crippen molar-refractivity contribution < 1.29 is 13.9 Å². The Morgan fingerprint density at radius 1 is 1.12 bits per heavy atom. The highest BCUT2D eigenvalue weighted by atomic mass is 19.1. The minimum Gasteiger partial charge on any atom is -0.381 e. The molecule has 0 fully saturated rings. The molecule has 33 heavy (non-hydrogen) atoms. The van der Waals surface area contributed by atoms with Crippen molar-refractivity contribution in [1.82, 2.24) is 34.7 Å². The Balaban J connectivity index is 1.51. The topological polar surface area (TPSA) is 84.9 Å². The summed E-state index contributed by atoms with van der Waals surface area (Å²) in [5, 5.41) is 24.6. The number of benzene rings is 2. The smallest absolute Gasteiger partial charge is 0.137 e. The molecule has 0 saturated carbocycles. The average Bonchev–Trinajstić information content (AvgIpc) is 3.48. The third kappa shape index (κ3) is 3.91. The summed E-state index contributed by atoms with van der Waals surface area (Å²) in [4.78, 5) is 5.99. The van der Waals surface area contributed by atoms with Crippen LogP contribution < -0.4 is 0 Å². The van der Waals surface area contributed by atoms with E-state index in [-0.39, 0.29) is 12.1 Å². The van der Waals surface area contributed by atoms with Gasteiger partial charge in [-0.3, -0.25) is 4.90 Å². The summed E-state index contributed by atoms with van der Waals surface area (Å²) >= 11 is 0. The van der Waals surface area contributed by atoms with Gasteiger partial charge in [0.2, 0.25) is 0 Å². The molecular formula is C23H23F2N7O. The summed E-state index contributed by atoms with van der Waals surface area (Å²) in [5.74, 6) is -1.51. The molecule has 0 amide bonds. The molecule has 2 aromatic heterocycles. The molecule has 3 heterocycles. The van der Waals surface area contributed by atoms with Crippen molar-refractivity contribution in [3.8, 4) is 11.3 Å². The number of nitrogens with zero attached hydrogens (tertiary/aromatic N) is 7. The molecule has 0 bridgehead atoms. The van der Waals surface area contributed by atoms with E-state index in [0.29, 0.717) is 19.6 Å². The number of rotatable bonds is 6. The fourth-order valence-corrected chi connectivity index (χ4v) is 4.46. The number of halogens is 2. The molecule has 2 atom stereocenters. The molecule has 10 heteroatoms. The maximum atomic E-state index is 14.9. The molecule has 170 valence electrons. The molecule has 0 radical (unpaired) electrons. The summed E-state index contributed by atoms with van der Waals surface area (Å²) in [6.45, 7) is 3.40. The van der Waals surface area contributed by atoms with Gasteiger partial charge in [0.1, 0.15) is 35.6 Å². The quantitative estimate of drug-likeness (QED) is 0.485. The highest BCUT2D eigenvalue weighted by Crippen LogP contribution is 2.35. The number of hydrogen-bond donors (Lipinski definition) is 1. The van der Waals surface area contributed by atoms with E-state index in [1.165, 1.54) is 23.4 Å². The molecular weight excluding hydrogens is 428 g/mol. The maximum Gasteiger partial charge on any atom is 0.137 e. The Bertz CT molecular complexity index is 1250. The molecule has 4 aromatic rings. The van der Waals surface area contributed by atoms with Gasteiger partial charge >= 0.3 is 0 Å². The van der Waals surface area contributed by atoms with Crippen LogP contribution in [0.15, 0.2) is 61.2 Å². The van der Waals surface area contributed by atoms with Crippen LogP contribution in [0.25, 0.3) is 11.3 Å². The normalized spacial score (nSPS) is 16.8. The van der Waals surface area contributed by atoms with Crippen molar-refractivity contribution in [2.75, 3.05) is 6.54 Å². The zero-order valence-electron chi connectivity index (χ0n) is 18.0. The van der Waals surface area contributed by atoms with Gasteiger partial charge < -0.3 is 5.11 Å². The lowest BCUT2D eigenvalue weighted by atomic mass is 9.85. The van der Waals surface area contributed by atoms with E-state index in [2.05, 4.69) is 25.3 Å². The Hall–Kier alpha value is -3.50. The van der Waals surface area contributed by atoms with Crippen LogP contribution in [-0.4, -0.2) is 52.4 Å². The van der Waals surface area contributed by atoms with E-state index in [0.717, 1.165) is 29.1 Å². The molecule has 1 aliphatic rings. The lowest BCUT2D eigenvalue weighted by molar-refractivity contribution is -0.0710. The van der Waals surface area contributed by atoms with Crippen molar-refractivity contribution in [3.05, 3.63) is 84.1 Å². The molecule has 0 spiro atoms. The van der Waals surface area contributed by atoms with Gasteiger partial charge in [0.05, 0.1) is 18.8 Å². The van der Waals surface area contributed by atoms with E-state index in [9.17, 15) is 13.9 Å². The second kappa shape index (κ2) is 8.45. The number of aromatic nitrogens is 6. The minimum absolute atomic E-state index is 0.00684. The van der Waals surface area contributed by atoms with Gasteiger partial charge in [-0.2, -0.15) is 5.10 Å². The molecule has 2 aromatic carbocycles. The van der Waals surface area contributed by atoms with Gasteiger partial charge in [0.15, 0.2) is 0 Å². The second-order valence-corrected chi connectivity index (χ2v) is 8.26. The van der Waals surface area contributed by atoms with Crippen molar-refractivity contribution in [1.29, 1.82) is 0 Å². The highest BCUT2D eigenvalue weighted by molar-refractivity contribution is 5.61. The van der Waals surface area contributed by atoms with Crippen molar-refractivity contribution in [2.24, 2.45) is 0 Å². The predicted molar refractivity (Wildman–Crippen MR) is 116 cm³/mol. The lowest BCUT2D eigenvalue weighted by Gasteiger charge is -2.42. The Labute approximate surface area is 189 Å². The standard InChI is InChI=1S/C23H23F2N7O/c1-16(23(33,13-31-15-26-14-27-31)19-8-7-18(24)11-20(19)25)30-9-10-32-21(12-30)22(28-29-32)17-5-3-2-4-6-17/h2-8,11,14-16,33H,9-10,12-13H2,1H3/t16-,23-/m1/s1. The zero-order valence-corrected chi connectivity index (χ0v) is 18.0. The maximum absolute atomic E-state index is 14.9. The molecule has 1 aliphatic heterocycles. The largest absolute Gasteiger partial charge is 0.381 e. The van der Waals surface area contributed by atoms with E-state index in [4.69, 9.17) is 0 Å². The molecule has 5 rings (SSSR count). The van der Waals surface area contributed by atoms with E-state index in [1.807, 2.05) is 41.9 Å². The summed E-state index contributed by atoms with van der Waals surface area (Å²) in [6.07, 6.45) is 2.81. The number of aliphatic hydroxyl groups is 1. The Kier molecular flexibility index (Phi) is 5.47. The summed E-state index contributed by atoms with van der Waals surface area (Å²) in [7, 11) is 0. The van der Waals surface area contributed by atoms with Crippen molar-refractivity contribution >= 4 is 0 Å². The van der Waals surface area contributed by atoms with Crippen LogP contribution in [0.3, 0.4) is 0 Å². The summed E-state index contributed by atoms with van der Waals surface area (Å²) < 4.78 is 31.8. The molecule has 1 N–H and O–H groups in total. The van der Waals surface area contributed by atoms with E-state index in [1.54, 1.807) is 0 Å². The Morgan fingerprint density at radius 2 is 1.94 bits per heavy atom. The molecule has 0 aliphatic carbocycles. The zero-order chi connectivity index (χ0) is 23.0. The van der Waals surface area contributed by atoms with Crippen LogP contribution >= 0.6 is 0 Å². The third-order valence-corrected chi connectivity index (χ3v) is 6.34. The van der Waals surface area contributed by atoms with Gasteiger partial charge in [-0.05, 0) is 13.0 Å². The van der Waals surface area contributed by atoms with Gasteiger partial charge in [0, 0.05) is 36.3 Å². The lowest BCUT2D eigenvalue weighted by Crippen LogP contribution is -2.53. The molecule has 8 nitrogen and oxygen atoms in total. The van der Waals surface area contributed by atoms with Crippen LogP contribution in [0.4, 0.5) is 8.78 Å². The SMILES string of the molecule is C[C@@H](N1CCn2nnc(-c3ccccc3)c2C1)[C@](O)(Cn1cncn1)c1ccc(F)cc1F. The first-order chi connectivity index (χ1) is 16.0. The van der Waals surface area contributed by atoms with Gasteiger partial charge in [-0.1, -0.05) is 41.6 Å². The first-order valence-corrected chi connectivity index (χ1v) is 10.7. The van der Waals surface area contributed by atoms with Gasteiger partial charge in [-0.15, -0.1) is 5.10 Å². The van der Waals surface area contributed by atoms with E-state index < -0.39 is 23.3 Å². The van der Waals surface area contributed by atoms with Crippen LogP contribution in [0.1, 0.15) is 18.2 Å². The molecule has 0 unspecified atom stereocenters. The van der Waals surface area contributed by atoms with E-state index >= 15 is 0 Å². The van der Waals surface area contributed by atoms with Crippen LogP contribution in [0, 0.1) is 11.6 Å². The van der Waals surface area contributed by atoms with Crippen LogP contribution in [0.5, 0.6) is 0 Å². The number of fused-ring (bicyclic) bond motifs is 1. The monoisotopic (exact) mass is 451 g/mol. The van der Waals surface area contributed by atoms with Gasteiger partial charge in [-0.25, -0.2) is 23.1 Å². The third-order valence-electron chi connectivity index (χ3n) is 6.34. The first-order valence-electron chi connectivity index (χ1n) is 10.7. The second-order valence-electron chi connectivity index (χ2n) is 8.26.